The van der Waals surface area contributed by atoms with E-state index in [0.717, 1.165) is 25.7 Å². The molecule has 7 heteroatoms. The lowest BCUT2D eigenvalue weighted by Gasteiger charge is -2.30. The molecule has 0 saturated heterocycles. The molecule has 2 aromatic rings. The van der Waals surface area contributed by atoms with Crippen molar-refractivity contribution in [2.75, 3.05) is 20.0 Å². The van der Waals surface area contributed by atoms with Crippen LogP contribution in [-0.2, 0) is 0 Å². The van der Waals surface area contributed by atoms with Gasteiger partial charge in [0, 0.05) is 6.04 Å². The zero-order chi connectivity index (χ0) is 19.2. The minimum Gasteiger partial charge on any atom is -0.493 e. The summed E-state index contributed by atoms with van der Waals surface area (Å²) in [5.41, 5.74) is 5.98. The first-order valence-electron chi connectivity index (χ1n) is 9.01. The van der Waals surface area contributed by atoms with Crippen molar-refractivity contribution in [2.45, 2.75) is 37.8 Å². The van der Waals surface area contributed by atoms with Gasteiger partial charge in [-0.05, 0) is 49.9 Å². The van der Waals surface area contributed by atoms with Crippen LogP contribution in [0, 0.1) is 0 Å². The lowest BCUT2D eigenvalue weighted by Crippen LogP contribution is -2.40. The summed E-state index contributed by atoms with van der Waals surface area (Å²) >= 11 is 0. The monoisotopic (exact) mass is 371 g/mol. The van der Waals surface area contributed by atoms with E-state index in [4.69, 9.17) is 19.9 Å². The fourth-order valence-corrected chi connectivity index (χ4v) is 3.29. The predicted molar refractivity (Wildman–Crippen MR) is 102 cm³/mol. The summed E-state index contributed by atoms with van der Waals surface area (Å²) in [4.78, 5) is 16.4. The quantitative estimate of drug-likeness (QED) is 0.811. The van der Waals surface area contributed by atoms with Crippen LogP contribution >= 0.6 is 0 Å². The van der Waals surface area contributed by atoms with Gasteiger partial charge in [-0.15, -0.1) is 0 Å². The Labute approximate surface area is 158 Å². The van der Waals surface area contributed by atoms with Crippen molar-refractivity contribution in [3.8, 4) is 17.2 Å². The van der Waals surface area contributed by atoms with Crippen LogP contribution in [0.4, 0.5) is 5.82 Å². The third kappa shape index (κ3) is 4.61. The molecule has 1 amide bonds. The number of methoxy groups -OCH3 is 2. The number of anilines is 1. The molecule has 0 radical (unpaired) electrons. The summed E-state index contributed by atoms with van der Waals surface area (Å²) < 4.78 is 16.9. The molecule has 144 valence electrons. The number of benzene rings is 1. The summed E-state index contributed by atoms with van der Waals surface area (Å²) in [5, 5.41) is 3.03. The number of nitrogens with two attached hydrogens (primary N) is 1. The van der Waals surface area contributed by atoms with Gasteiger partial charge >= 0.3 is 0 Å². The topological polar surface area (TPSA) is 95.7 Å². The Morgan fingerprint density at radius 2 is 1.74 bits per heavy atom. The highest BCUT2D eigenvalue weighted by Crippen LogP contribution is 2.38. The number of nitrogens with zero attached hydrogens (tertiary/aromatic N) is 1. The van der Waals surface area contributed by atoms with Gasteiger partial charge in [0.2, 0.25) is 5.75 Å². The molecular formula is C20H25N3O4. The first kappa shape index (κ1) is 18.8. The second kappa shape index (κ2) is 8.62. The maximum Gasteiger partial charge on any atom is 0.270 e. The van der Waals surface area contributed by atoms with Crippen LogP contribution in [0.15, 0.2) is 36.4 Å². The van der Waals surface area contributed by atoms with Gasteiger partial charge in [0.15, 0.2) is 11.5 Å². The van der Waals surface area contributed by atoms with Crippen molar-refractivity contribution in [1.82, 2.24) is 10.3 Å². The van der Waals surface area contributed by atoms with E-state index in [1.807, 2.05) is 18.2 Å². The molecule has 0 aliphatic heterocycles. The maximum absolute atomic E-state index is 12.3. The number of carbonyl (C=O) groups excluding carboxylic acids is 1. The molecule has 0 atom stereocenters. The second-order valence-corrected chi connectivity index (χ2v) is 6.50. The second-order valence-electron chi connectivity index (χ2n) is 6.50. The number of carbonyl (C=O) groups is 1. The SMILES string of the molecule is COc1cccc(OC2CCC(NC(=O)c3cccc(N)n3)CC2)c1OC. The van der Waals surface area contributed by atoms with Crippen molar-refractivity contribution >= 4 is 11.7 Å². The maximum atomic E-state index is 12.3. The van der Waals surface area contributed by atoms with E-state index in [1.165, 1.54) is 0 Å². The number of pyridine rings is 1. The Morgan fingerprint density at radius 3 is 2.41 bits per heavy atom. The number of rotatable bonds is 6. The first-order chi connectivity index (χ1) is 13.1. The summed E-state index contributed by atoms with van der Waals surface area (Å²) in [6.45, 7) is 0. The first-order valence-corrected chi connectivity index (χ1v) is 9.01. The van der Waals surface area contributed by atoms with E-state index >= 15 is 0 Å². The average molecular weight is 371 g/mol. The molecule has 0 bridgehead atoms. The van der Waals surface area contributed by atoms with E-state index in [9.17, 15) is 4.79 Å². The minimum absolute atomic E-state index is 0.0738. The highest BCUT2D eigenvalue weighted by atomic mass is 16.5. The summed E-state index contributed by atoms with van der Waals surface area (Å²) in [5.74, 6) is 2.06. The van der Waals surface area contributed by atoms with Crippen molar-refractivity contribution in [3.63, 3.8) is 0 Å². The molecule has 0 spiro atoms. The van der Waals surface area contributed by atoms with Crippen LogP contribution in [0.5, 0.6) is 17.2 Å². The van der Waals surface area contributed by atoms with E-state index < -0.39 is 0 Å². The zero-order valence-corrected chi connectivity index (χ0v) is 15.6. The summed E-state index contributed by atoms with van der Waals surface area (Å²) in [6.07, 6.45) is 3.44. The number of hydrogen-bond donors (Lipinski definition) is 2. The fourth-order valence-electron chi connectivity index (χ4n) is 3.29. The lowest BCUT2D eigenvalue weighted by atomic mass is 9.92. The molecule has 1 aromatic carbocycles. The molecule has 1 heterocycles. The van der Waals surface area contributed by atoms with Crippen molar-refractivity contribution < 1.29 is 19.0 Å². The van der Waals surface area contributed by atoms with Crippen LogP contribution in [0.25, 0.3) is 0 Å². The minimum atomic E-state index is -0.193. The van der Waals surface area contributed by atoms with Crippen LogP contribution < -0.4 is 25.3 Å². The summed E-state index contributed by atoms with van der Waals surface area (Å²) in [7, 11) is 3.20. The largest absolute Gasteiger partial charge is 0.493 e. The van der Waals surface area contributed by atoms with Gasteiger partial charge in [0.05, 0.1) is 20.3 Å². The molecule has 7 nitrogen and oxygen atoms in total. The Morgan fingerprint density at radius 1 is 1.04 bits per heavy atom. The number of amides is 1. The van der Waals surface area contributed by atoms with Crippen molar-refractivity contribution in [2.24, 2.45) is 0 Å². The van der Waals surface area contributed by atoms with Crippen LogP contribution in [-0.4, -0.2) is 37.3 Å². The normalized spacial score (nSPS) is 19.2. The fraction of sp³-hybridized carbons (Fsp3) is 0.400. The third-order valence-corrected chi connectivity index (χ3v) is 4.67. The molecule has 1 aliphatic rings. The number of nitrogens with one attached hydrogen (secondary N) is 1. The van der Waals surface area contributed by atoms with E-state index in [-0.39, 0.29) is 18.1 Å². The molecule has 1 fully saturated rings. The highest BCUT2D eigenvalue weighted by molar-refractivity contribution is 5.92. The van der Waals surface area contributed by atoms with Crippen LogP contribution in [0.2, 0.25) is 0 Å². The highest BCUT2D eigenvalue weighted by Gasteiger charge is 2.25. The molecular weight excluding hydrogens is 346 g/mol. The van der Waals surface area contributed by atoms with Crippen LogP contribution in [0.3, 0.4) is 0 Å². The smallest absolute Gasteiger partial charge is 0.270 e. The molecule has 3 rings (SSSR count). The molecule has 1 saturated carbocycles. The van der Waals surface area contributed by atoms with Gasteiger partial charge in [0.1, 0.15) is 11.5 Å². The number of aromatic nitrogens is 1. The number of para-hydroxylation sites is 1. The lowest BCUT2D eigenvalue weighted by molar-refractivity contribution is 0.0886. The van der Waals surface area contributed by atoms with Crippen molar-refractivity contribution in [1.29, 1.82) is 0 Å². The Hall–Kier alpha value is -2.96. The Bertz CT molecular complexity index is 789. The molecule has 27 heavy (non-hydrogen) atoms. The molecule has 3 N–H and O–H groups in total. The van der Waals surface area contributed by atoms with Gasteiger partial charge in [0.25, 0.3) is 5.91 Å². The Kier molecular flexibility index (Phi) is 6.01. The molecule has 1 aromatic heterocycles. The van der Waals surface area contributed by atoms with Gasteiger partial charge in [-0.1, -0.05) is 12.1 Å². The Balaban J connectivity index is 1.54. The third-order valence-electron chi connectivity index (χ3n) is 4.67. The molecule has 1 aliphatic carbocycles. The zero-order valence-electron chi connectivity index (χ0n) is 15.6. The molecule has 0 unspecified atom stereocenters. The number of hydrogen-bond acceptors (Lipinski definition) is 6. The van der Waals surface area contributed by atoms with Crippen LogP contribution in [0.1, 0.15) is 36.2 Å². The number of ether oxygens (including phenoxy) is 3. The van der Waals surface area contributed by atoms with Gasteiger partial charge < -0.3 is 25.3 Å². The predicted octanol–water partition coefficient (Wildman–Crippen LogP) is 2.80. The average Bonchev–Trinajstić information content (AvgIpc) is 2.69. The number of nitrogen functional groups attached to an aromatic ring is 1. The van der Waals surface area contributed by atoms with E-state index in [0.29, 0.717) is 28.8 Å². The summed E-state index contributed by atoms with van der Waals surface area (Å²) in [6, 6.07) is 10.7. The standard InChI is InChI=1S/C20H25N3O4/c1-25-16-6-4-7-17(19(16)26-2)27-14-11-9-13(10-12-14)22-20(24)15-5-3-8-18(21)23-15/h3-8,13-14H,9-12H2,1-2H3,(H2,21,23)(H,22,24). The van der Waals surface area contributed by atoms with Crippen molar-refractivity contribution in [3.05, 3.63) is 42.1 Å². The van der Waals surface area contributed by atoms with Gasteiger partial charge in [-0.2, -0.15) is 0 Å². The van der Waals surface area contributed by atoms with E-state index in [2.05, 4.69) is 10.3 Å². The van der Waals surface area contributed by atoms with E-state index in [1.54, 1.807) is 32.4 Å². The van der Waals surface area contributed by atoms with Gasteiger partial charge in [-0.3, -0.25) is 4.79 Å². The van der Waals surface area contributed by atoms with Gasteiger partial charge in [-0.25, -0.2) is 4.98 Å².